The molecule has 0 aliphatic rings. The van der Waals surface area contributed by atoms with Crippen LogP contribution in [0, 0.1) is 5.92 Å². The number of hydrogen-bond donors (Lipinski definition) is 1. The van der Waals surface area contributed by atoms with Gasteiger partial charge >= 0.3 is 11.7 Å². The Kier molecular flexibility index (Phi) is 5.91. The van der Waals surface area contributed by atoms with Crippen molar-refractivity contribution in [3.05, 3.63) is 28.1 Å². The van der Waals surface area contributed by atoms with Crippen molar-refractivity contribution < 1.29 is 18.8 Å². The topological polar surface area (TPSA) is 103 Å². The number of esters is 1. The zero-order chi connectivity index (χ0) is 17.7. The largest absolute Gasteiger partial charge is 0.467 e. The van der Waals surface area contributed by atoms with E-state index in [2.05, 4.69) is 15.0 Å². The predicted molar refractivity (Wildman–Crippen MR) is 87.5 cm³/mol. The van der Waals surface area contributed by atoms with E-state index in [1.165, 1.54) is 18.4 Å². The van der Waals surface area contributed by atoms with E-state index in [4.69, 9.17) is 4.74 Å². The van der Waals surface area contributed by atoms with Crippen LogP contribution in [0.3, 0.4) is 0 Å². The van der Waals surface area contributed by atoms with Gasteiger partial charge in [0.05, 0.1) is 12.0 Å². The smallest absolute Gasteiger partial charge is 0.442 e. The van der Waals surface area contributed by atoms with Gasteiger partial charge in [0.1, 0.15) is 12.6 Å². The number of carbonyl (C=O) groups is 2. The molecule has 1 amide bonds. The van der Waals surface area contributed by atoms with Crippen molar-refractivity contribution in [2.24, 2.45) is 5.92 Å². The number of hydrogen-bond acceptors (Lipinski definition) is 7. The molecular formula is C15H19N3O5S. The van der Waals surface area contributed by atoms with Crippen LogP contribution in [0.2, 0.25) is 0 Å². The lowest BCUT2D eigenvalue weighted by Gasteiger charge is -2.21. The van der Waals surface area contributed by atoms with Gasteiger partial charge in [-0.1, -0.05) is 31.5 Å². The lowest BCUT2D eigenvalue weighted by molar-refractivity contribution is -0.146. The van der Waals surface area contributed by atoms with Crippen molar-refractivity contribution in [1.29, 1.82) is 0 Å². The summed E-state index contributed by atoms with van der Waals surface area (Å²) in [6.07, 6.45) is 0.688. The van der Waals surface area contributed by atoms with E-state index in [0.717, 1.165) is 4.57 Å². The molecule has 9 heteroatoms. The standard InChI is InChI=1S/C15H19N3O5S/c1-4-9(2)12(14(20)22-3)16-11(19)8-18-13(17-23-15(18)21)10-6-5-7-24-10/h5-7,9,12H,4,8H2,1-3H3,(H,16,19)/t9-,12-/m1/s1. The van der Waals surface area contributed by atoms with Crippen molar-refractivity contribution in [3.63, 3.8) is 0 Å². The van der Waals surface area contributed by atoms with Crippen LogP contribution in [-0.4, -0.2) is 34.8 Å². The van der Waals surface area contributed by atoms with Crippen molar-refractivity contribution in [2.75, 3.05) is 7.11 Å². The fraction of sp³-hybridized carbons (Fsp3) is 0.467. The van der Waals surface area contributed by atoms with Crippen molar-refractivity contribution in [3.8, 4) is 10.7 Å². The third-order valence-corrected chi connectivity index (χ3v) is 4.58. The molecule has 0 fully saturated rings. The Balaban J connectivity index is 2.16. The van der Waals surface area contributed by atoms with Crippen LogP contribution in [0.15, 0.2) is 26.8 Å². The number of aromatic nitrogens is 2. The van der Waals surface area contributed by atoms with Gasteiger partial charge in [-0.3, -0.25) is 9.32 Å². The van der Waals surface area contributed by atoms with Crippen molar-refractivity contribution in [2.45, 2.75) is 32.9 Å². The molecule has 0 aliphatic carbocycles. The first-order valence-electron chi connectivity index (χ1n) is 7.45. The molecule has 2 aromatic rings. The van der Waals surface area contributed by atoms with Gasteiger partial charge < -0.3 is 10.1 Å². The number of thiophene rings is 1. The molecule has 0 spiro atoms. The summed E-state index contributed by atoms with van der Waals surface area (Å²) < 4.78 is 10.5. The third-order valence-electron chi connectivity index (χ3n) is 3.71. The fourth-order valence-corrected chi connectivity index (χ4v) is 2.86. The van der Waals surface area contributed by atoms with E-state index in [-0.39, 0.29) is 18.3 Å². The average molecular weight is 353 g/mol. The van der Waals surface area contributed by atoms with Gasteiger partial charge in [0.2, 0.25) is 5.91 Å². The van der Waals surface area contributed by atoms with E-state index in [1.54, 1.807) is 12.1 Å². The molecule has 2 aromatic heterocycles. The minimum absolute atomic E-state index is 0.0997. The number of nitrogens with zero attached hydrogens (tertiary/aromatic N) is 2. The SMILES string of the molecule is CC[C@@H](C)[C@@H](NC(=O)Cn1c(-c2cccs2)noc1=O)C(=O)OC. The Morgan fingerprint density at radius 3 is 2.83 bits per heavy atom. The maximum atomic E-state index is 12.3. The average Bonchev–Trinajstić information content (AvgIpc) is 3.22. The predicted octanol–water partition coefficient (Wildman–Crippen LogP) is 1.27. The second kappa shape index (κ2) is 7.91. The highest BCUT2D eigenvalue weighted by atomic mass is 32.1. The Morgan fingerprint density at radius 1 is 1.50 bits per heavy atom. The van der Waals surface area contributed by atoms with Gasteiger partial charge in [-0.25, -0.2) is 14.2 Å². The van der Waals surface area contributed by atoms with Gasteiger partial charge in [0.15, 0.2) is 5.82 Å². The van der Waals surface area contributed by atoms with Crippen LogP contribution >= 0.6 is 11.3 Å². The molecule has 24 heavy (non-hydrogen) atoms. The first kappa shape index (κ1) is 17.9. The van der Waals surface area contributed by atoms with Gasteiger partial charge in [0, 0.05) is 0 Å². The summed E-state index contributed by atoms with van der Waals surface area (Å²) in [5.41, 5.74) is 0. The highest BCUT2D eigenvalue weighted by Gasteiger charge is 2.27. The quantitative estimate of drug-likeness (QED) is 0.752. The summed E-state index contributed by atoms with van der Waals surface area (Å²) in [6, 6.07) is 2.81. The van der Waals surface area contributed by atoms with E-state index >= 15 is 0 Å². The zero-order valence-electron chi connectivity index (χ0n) is 13.6. The highest BCUT2D eigenvalue weighted by molar-refractivity contribution is 7.13. The molecule has 130 valence electrons. The molecule has 2 atom stereocenters. The number of carbonyl (C=O) groups excluding carboxylic acids is 2. The molecule has 0 saturated heterocycles. The monoisotopic (exact) mass is 353 g/mol. The lowest BCUT2D eigenvalue weighted by Crippen LogP contribution is -2.47. The number of methoxy groups -OCH3 is 1. The van der Waals surface area contributed by atoms with E-state index < -0.39 is 23.7 Å². The van der Waals surface area contributed by atoms with Crippen LogP contribution < -0.4 is 11.1 Å². The van der Waals surface area contributed by atoms with Gasteiger partial charge in [-0.05, 0) is 17.4 Å². The van der Waals surface area contributed by atoms with Gasteiger partial charge in [0.25, 0.3) is 0 Å². The van der Waals surface area contributed by atoms with Crippen LogP contribution in [0.1, 0.15) is 20.3 Å². The van der Waals surface area contributed by atoms with E-state index in [0.29, 0.717) is 11.3 Å². The molecule has 8 nitrogen and oxygen atoms in total. The Morgan fingerprint density at radius 2 is 2.25 bits per heavy atom. The summed E-state index contributed by atoms with van der Waals surface area (Å²) in [7, 11) is 1.27. The van der Waals surface area contributed by atoms with Crippen molar-refractivity contribution >= 4 is 23.2 Å². The summed E-state index contributed by atoms with van der Waals surface area (Å²) in [6.45, 7) is 3.45. The summed E-state index contributed by atoms with van der Waals surface area (Å²) in [5, 5.41) is 8.15. The van der Waals surface area contributed by atoms with Gasteiger partial charge in [-0.15, -0.1) is 11.3 Å². The zero-order valence-corrected chi connectivity index (χ0v) is 14.5. The summed E-state index contributed by atoms with van der Waals surface area (Å²) in [5.74, 6) is -1.56. The summed E-state index contributed by atoms with van der Waals surface area (Å²) >= 11 is 1.37. The number of amides is 1. The van der Waals surface area contributed by atoms with Crippen LogP contribution in [0.5, 0.6) is 0 Å². The molecule has 1 N–H and O–H groups in total. The highest BCUT2D eigenvalue weighted by Crippen LogP contribution is 2.21. The molecule has 0 unspecified atom stereocenters. The van der Waals surface area contributed by atoms with Crippen LogP contribution in [0.25, 0.3) is 10.7 Å². The minimum Gasteiger partial charge on any atom is -0.467 e. The molecule has 0 bridgehead atoms. The Labute approximate surface area is 142 Å². The van der Waals surface area contributed by atoms with E-state index in [9.17, 15) is 14.4 Å². The molecule has 2 rings (SSSR count). The molecule has 0 saturated carbocycles. The lowest BCUT2D eigenvalue weighted by atomic mass is 9.99. The van der Waals surface area contributed by atoms with E-state index in [1.807, 2.05) is 19.2 Å². The second-order valence-electron chi connectivity index (χ2n) is 5.29. The summed E-state index contributed by atoms with van der Waals surface area (Å²) in [4.78, 5) is 36.6. The molecular weight excluding hydrogens is 334 g/mol. The molecule has 0 radical (unpaired) electrons. The Bertz CT molecular complexity index is 750. The van der Waals surface area contributed by atoms with Crippen LogP contribution in [-0.2, 0) is 20.9 Å². The normalized spacial score (nSPS) is 13.3. The third kappa shape index (κ3) is 3.91. The maximum absolute atomic E-state index is 12.3. The first-order chi connectivity index (χ1) is 11.5. The number of rotatable bonds is 7. The Hall–Kier alpha value is -2.42. The van der Waals surface area contributed by atoms with Gasteiger partial charge in [-0.2, -0.15) is 0 Å². The molecule has 2 heterocycles. The minimum atomic E-state index is -0.770. The number of nitrogens with one attached hydrogen (secondary N) is 1. The first-order valence-corrected chi connectivity index (χ1v) is 8.33. The number of ether oxygens (including phenoxy) is 1. The maximum Gasteiger partial charge on any atom is 0.442 e. The van der Waals surface area contributed by atoms with Crippen molar-refractivity contribution in [1.82, 2.24) is 15.0 Å². The van der Waals surface area contributed by atoms with Crippen LogP contribution in [0.4, 0.5) is 0 Å². The molecule has 0 aliphatic heterocycles. The second-order valence-corrected chi connectivity index (χ2v) is 6.24. The fourth-order valence-electron chi connectivity index (χ4n) is 2.15. The molecule has 0 aromatic carbocycles.